The zero-order valence-electron chi connectivity index (χ0n) is 24.5. The van der Waals surface area contributed by atoms with Crippen LogP contribution in [-0.2, 0) is 22.6 Å². The van der Waals surface area contributed by atoms with E-state index in [9.17, 15) is 14.7 Å². The number of Topliss-reactive ketones (excluding diaryl/α,β-unsaturated/α-hetero) is 1. The van der Waals surface area contributed by atoms with Crippen molar-refractivity contribution in [2.75, 3.05) is 19.8 Å². The standard InChI is InChI=1S/C33H39N3O6/c1-4-6-7-17-41-27-12-9-23(20-28(27)40-5-2)30-29(31(37)24-10-11-26-25(19-24)18-22(3)42-26)32(38)33(39)36(30)15-8-14-35-16-13-34-21-35/h9-13,16,19-22,30,37H,4-8,14-15,17-18H2,1-3H3/t22-,30-/m1/s1. The Kier molecular flexibility index (Phi) is 9.15. The summed E-state index contributed by atoms with van der Waals surface area (Å²) in [7, 11) is 0. The van der Waals surface area contributed by atoms with Crippen LogP contribution < -0.4 is 14.2 Å². The largest absolute Gasteiger partial charge is 0.507 e. The van der Waals surface area contributed by atoms with E-state index in [0.717, 1.165) is 30.6 Å². The lowest BCUT2D eigenvalue weighted by molar-refractivity contribution is -0.139. The zero-order valence-corrected chi connectivity index (χ0v) is 24.5. The van der Waals surface area contributed by atoms with E-state index in [-0.39, 0.29) is 17.4 Å². The third-order valence-electron chi connectivity index (χ3n) is 7.67. The summed E-state index contributed by atoms with van der Waals surface area (Å²) in [5.41, 5.74) is 2.17. The van der Waals surface area contributed by atoms with Crippen LogP contribution in [0.1, 0.15) is 69.2 Å². The van der Waals surface area contributed by atoms with E-state index in [4.69, 9.17) is 14.2 Å². The van der Waals surface area contributed by atoms with Crippen molar-refractivity contribution in [1.82, 2.24) is 14.5 Å². The number of carbonyl (C=O) groups is 2. The van der Waals surface area contributed by atoms with Crippen molar-refractivity contribution < 1.29 is 28.9 Å². The third kappa shape index (κ3) is 6.15. The number of imidazole rings is 1. The van der Waals surface area contributed by atoms with E-state index in [1.807, 2.05) is 54.9 Å². The summed E-state index contributed by atoms with van der Waals surface area (Å²) >= 11 is 0. The Hall–Kier alpha value is -4.27. The van der Waals surface area contributed by atoms with Crippen LogP contribution in [0.3, 0.4) is 0 Å². The van der Waals surface area contributed by atoms with Gasteiger partial charge in [-0.1, -0.05) is 25.8 Å². The average molecular weight is 574 g/mol. The second-order valence-electron chi connectivity index (χ2n) is 10.8. The van der Waals surface area contributed by atoms with Gasteiger partial charge >= 0.3 is 0 Å². The molecule has 0 saturated carbocycles. The van der Waals surface area contributed by atoms with E-state index >= 15 is 0 Å². The molecule has 222 valence electrons. The fraction of sp³-hybridized carbons (Fsp3) is 0.424. The second kappa shape index (κ2) is 13.1. The molecule has 42 heavy (non-hydrogen) atoms. The van der Waals surface area contributed by atoms with Crippen LogP contribution in [0.15, 0.2) is 60.7 Å². The highest BCUT2D eigenvalue weighted by molar-refractivity contribution is 6.46. The third-order valence-corrected chi connectivity index (χ3v) is 7.67. The van der Waals surface area contributed by atoms with Gasteiger partial charge in [0.1, 0.15) is 17.6 Å². The number of amides is 1. The number of likely N-dealkylation sites (tertiary alicyclic amines) is 1. The molecule has 5 rings (SSSR count). The highest BCUT2D eigenvalue weighted by atomic mass is 16.5. The van der Waals surface area contributed by atoms with Crippen molar-refractivity contribution >= 4 is 17.4 Å². The van der Waals surface area contributed by atoms with Crippen LogP contribution in [0.25, 0.3) is 5.76 Å². The molecule has 0 unspecified atom stereocenters. The molecule has 9 heteroatoms. The van der Waals surface area contributed by atoms with Gasteiger partial charge in [-0.15, -0.1) is 0 Å². The summed E-state index contributed by atoms with van der Waals surface area (Å²) in [6.45, 7) is 7.97. The SMILES string of the molecule is CCCCCOc1ccc([C@@H]2C(=C(O)c3ccc4c(c3)C[C@@H](C)O4)C(=O)C(=O)N2CCCn2ccnc2)cc1OCC. The maximum atomic E-state index is 13.6. The number of aliphatic hydroxyl groups is 1. The minimum Gasteiger partial charge on any atom is -0.507 e. The average Bonchev–Trinajstić information content (AvgIpc) is 3.70. The van der Waals surface area contributed by atoms with Crippen molar-refractivity contribution in [3.63, 3.8) is 0 Å². The van der Waals surface area contributed by atoms with Gasteiger partial charge in [0.15, 0.2) is 11.5 Å². The first kappa shape index (κ1) is 29.2. The molecule has 0 bridgehead atoms. The molecule has 2 atom stereocenters. The Labute approximate surface area is 246 Å². The molecule has 2 aliphatic heterocycles. The molecular weight excluding hydrogens is 534 g/mol. The molecule has 1 amide bonds. The van der Waals surface area contributed by atoms with Crippen molar-refractivity contribution in [3.05, 3.63) is 77.4 Å². The number of unbranched alkanes of at least 4 members (excludes halogenated alkanes) is 2. The van der Waals surface area contributed by atoms with Crippen LogP contribution in [0.2, 0.25) is 0 Å². The number of hydrogen-bond acceptors (Lipinski definition) is 7. The van der Waals surface area contributed by atoms with Crippen molar-refractivity contribution in [1.29, 1.82) is 0 Å². The molecule has 1 fully saturated rings. The van der Waals surface area contributed by atoms with Gasteiger partial charge in [0, 0.05) is 37.5 Å². The topological polar surface area (TPSA) is 103 Å². The minimum atomic E-state index is -0.787. The van der Waals surface area contributed by atoms with Gasteiger partial charge in [-0.2, -0.15) is 0 Å². The van der Waals surface area contributed by atoms with E-state index in [0.29, 0.717) is 61.8 Å². The van der Waals surface area contributed by atoms with E-state index in [2.05, 4.69) is 11.9 Å². The molecule has 1 N–H and O–H groups in total. The lowest BCUT2D eigenvalue weighted by atomic mass is 9.94. The molecule has 2 aliphatic rings. The first-order valence-corrected chi connectivity index (χ1v) is 14.8. The van der Waals surface area contributed by atoms with Gasteiger partial charge in [-0.3, -0.25) is 9.59 Å². The fourth-order valence-corrected chi connectivity index (χ4v) is 5.64. The lowest BCUT2D eigenvalue weighted by Gasteiger charge is -2.26. The minimum absolute atomic E-state index is 0.0400. The molecule has 0 aliphatic carbocycles. The number of aromatic nitrogens is 2. The van der Waals surface area contributed by atoms with Gasteiger partial charge in [0.05, 0.1) is 31.2 Å². The Morgan fingerprint density at radius 1 is 1.05 bits per heavy atom. The van der Waals surface area contributed by atoms with Gasteiger partial charge in [-0.25, -0.2) is 4.98 Å². The first-order chi connectivity index (χ1) is 20.4. The van der Waals surface area contributed by atoms with Crippen LogP contribution in [0, 0.1) is 0 Å². The predicted octanol–water partition coefficient (Wildman–Crippen LogP) is 5.69. The van der Waals surface area contributed by atoms with Gasteiger partial charge in [0.2, 0.25) is 0 Å². The molecule has 3 aromatic rings. The fourth-order valence-electron chi connectivity index (χ4n) is 5.64. The molecule has 1 aromatic heterocycles. The van der Waals surface area contributed by atoms with Crippen LogP contribution in [0.4, 0.5) is 0 Å². The van der Waals surface area contributed by atoms with Gasteiger partial charge in [0.25, 0.3) is 11.7 Å². The van der Waals surface area contributed by atoms with Gasteiger partial charge in [-0.05, 0) is 68.1 Å². The Morgan fingerprint density at radius 3 is 2.67 bits per heavy atom. The Balaban J connectivity index is 1.52. The molecule has 0 radical (unpaired) electrons. The quantitative estimate of drug-likeness (QED) is 0.121. The van der Waals surface area contributed by atoms with E-state index in [1.54, 1.807) is 23.5 Å². The number of ketones is 1. The smallest absolute Gasteiger partial charge is 0.295 e. The summed E-state index contributed by atoms with van der Waals surface area (Å²) in [5.74, 6) is 0.383. The summed E-state index contributed by atoms with van der Waals surface area (Å²) in [4.78, 5) is 32.7. The van der Waals surface area contributed by atoms with Crippen molar-refractivity contribution in [2.45, 2.75) is 71.6 Å². The molecule has 3 heterocycles. The lowest BCUT2D eigenvalue weighted by Crippen LogP contribution is -2.31. The van der Waals surface area contributed by atoms with Crippen LogP contribution in [-0.4, -0.2) is 57.1 Å². The van der Waals surface area contributed by atoms with Crippen LogP contribution in [0.5, 0.6) is 17.2 Å². The summed E-state index contributed by atoms with van der Waals surface area (Å²) < 4.78 is 19.7. The molecule has 2 aromatic carbocycles. The second-order valence-corrected chi connectivity index (χ2v) is 10.8. The number of ether oxygens (including phenoxy) is 3. The number of nitrogens with zero attached hydrogens (tertiary/aromatic N) is 3. The molecule has 0 spiro atoms. The van der Waals surface area contributed by atoms with Crippen LogP contribution >= 0.6 is 0 Å². The Bertz CT molecular complexity index is 1450. The van der Waals surface area contributed by atoms with E-state index < -0.39 is 17.7 Å². The number of hydrogen-bond donors (Lipinski definition) is 1. The first-order valence-electron chi connectivity index (χ1n) is 14.8. The zero-order chi connectivity index (χ0) is 29.6. The van der Waals surface area contributed by atoms with Gasteiger partial charge < -0.3 is 28.8 Å². The summed E-state index contributed by atoms with van der Waals surface area (Å²) in [6, 6.07) is 10.1. The number of carbonyl (C=O) groups excluding carboxylic acids is 2. The maximum Gasteiger partial charge on any atom is 0.295 e. The number of benzene rings is 2. The number of rotatable bonds is 13. The number of fused-ring (bicyclic) bond motifs is 1. The molecular formula is C33H39N3O6. The maximum absolute atomic E-state index is 13.6. The highest BCUT2D eigenvalue weighted by Crippen LogP contribution is 2.43. The summed E-state index contributed by atoms with van der Waals surface area (Å²) in [6.07, 6.45) is 9.74. The molecule has 9 nitrogen and oxygen atoms in total. The van der Waals surface area contributed by atoms with E-state index in [1.165, 1.54) is 0 Å². The summed E-state index contributed by atoms with van der Waals surface area (Å²) in [5, 5.41) is 11.6. The van der Waals surface area contributed by atoms with Crippen molar-refractivity contribution in [2.24, 2.45) is 0 Å². The normalized spacial score (nSPS) is 19.2. The highest BCUT2D eigenvalue weighted by Gasteiger charge is 2.46. The molecule has 1 saturated heterocycles. The van der Waals surface area contributed by atoms with Crippen molar-refractivity contribution in [3.8, 4) is 17.2 Å². The number of aryl methyl sites for hydroxylation is 1. The monoisotopic (exact) mass is 573 g/mol. The number of aliphatic hydroxyl groups excluding tert-OH is 1. The Morgan fingerprint density at radius 2 is 1.90 bits per heavy atom. The predicted molar refractivity (Wildman–Crippen MR) is 159 cm³/mol.